The topological polar surface area (TPSA) is 106 Å². The van der Waals surface area contributed by atoms with E-state index in [0.29, 0.717) is 61.9 Å². The van der Waals surface area contributed by atoms with Gasteiger partial charge in [0.1, 0.15) is 11.3 Å². The van der Waals surface area contributed by atoms with Crippen molar-refractivity contribution in [1.29, 1.82) is 0 Å². The summed E-state index contributed by atoms with van der Waals surface area (Å²) >= 11 is 0. The SMILES string of the molecule is CCCc1nn(C)c2c(=O)nc(-c3cc(S(=O)(=O)N4CCN(C)CC4)ccc3OCC)n(N3CCCCC3)c12. The zero-order chi connectivity index (χ0) is 27.7. The van der Waals surface area contributed by atoms with Crippen LogP contribution in [0.15, 0.2) is 27.9 Å². The van der Waals surface area contributed by atoms with Gasteiger partial charge in [-0.15, -0.1) is 0 Å². The zero-order valence-corrected chi connectivity index (χ0v) is 24.2. The first-order valence-electron chi connectivity index (χ1n) is 14.0. The number of benzene rings is 1. The van der Waals surface area contributed by atoms with Gasteiger partial charge in [0.15, 0.2) is 11.3 Å². The molecule has 212 valence electrons. The molecule has 2 saturated heterocycles. The van der Waals surface area contributed by atoms with Gasteiger partial charge in [-0.2, -0.15) is 14.4 Å². The monoisotopic (exact) mass is 557 g/mol. The molecular formula is C27H39N7O4S. The lowest BCUT2D eigenvalue weighted by Gasteiger charge is -2.33. The van der Waals surface area contributed by atoms with Gasteiger partial charge in [-0.05, 0) is 57.9 Å². The highest BCUT2D eigenvalue weighted by atomic mass is 32.2. The number of sulfonamides is 1. The third-order valence-electron chi connectivity index (χ3n) is 7.61. The van der Waals surface area contributed by atoms with E-state index >= 15 is 0 Å². The second-order valence-electron chi connectivity index (χ2n) is 10.4. The molecule has 0 N–H and O–H groups in total. The molecule has 3 aromatic rings. The van der Waals surface area contributed by atoms with Crippen molar-refractivity contribution >= 4 is 21.1 Å². The molecule has 2 fully saturated rings. The van der Waals surface area contributed by atoms with Crippen LogP contribution in [0.25, 0.3) is 22.4 Å². The number of aromatic nitrogens is 4. The Morgan fingerprint density at radius 3 is 2.33 bits per heavy atom. The highest BCUT2D eigenvalue weighted by Gasteiger charge is 2.30. The van der Waals surface area contributed by atoms with Crippen LogP contribution in [-0.4, -0.2) is 90.0 Å². The Balaban J connectivity index is 1.76. The summed E-state index contributed by atoms with van der Waals surface area (Å²) in [5.74, 6) is 0.881. The minimum absolute atomic E-state index is 0.171. The number of likely N-dealkylation sites (N-methyl/N-ethyl adjacent to an activating group) is 1. The lowest BCUT2D eigenvalue weighted by molar-refractivity contribution is 0.222. The Bertz CT molecular complexity index is 1500. The van der Waals surface area contributed by atoms with Crippen LogP contribution in [0.1, 0.15) is 45.2 Å². The van der Waals surface area contributed by atoms with Gasteiger partial charge in [0.25, 0.3) is 5.56 Å². The van der Waals surface area contributed by atoms with Crippen LogP contribution in [0.5, 0.6) is 5.75 Å². The van der Waals surface area contributed by atoms with Gasteiger partial charge in [-0.25, -0.2) is 13.1 Å². The number of nitrogens with zero attached hydrogens (tertiary/aromatic N) is 7. The molecule has 0 amide bonds. The van der Waals surface area contributed by atoms with Crippen molar-refractivity contribution in [3.8, 4) is 17.1 Å². The van der Waals surface area contributed by atoms with E-state index in [9.17, 15) is 13.2 Å². The van der Waals surface area contributed by atoms with Crippen molar-refractivity contribution in [3.05, 3.63) is 34.2 Å². The predicted octanol–water partition coefficient (Wildman–Crippen LogP) is 2.21. The standard InChI is InChI=1S/C27H39N7O4S/c1-5-10-22-24-25(31(4)29-22)27(35)28-26(34(24)32-13-8-7-9-14-32)21-19-20(11-12-23(21)38-6-2)39(36,37)33-17-15-30(3)16-18-33/h11-12,19H,5-10,13-18H2,1-4H3. The predicted molar refractivity (Wildman–Crippen MR) is 151 cm³/mol. The van der Waals surface area contributed by atoms with E-state index in [1.165, 1.54) is 4.31 Å². The molecule has 0 atom stereocenters. The third kappa shape index (κ3) is 5.17. The number of ether oxygens (including phenoxy) is 1. The fraction of sp³-hybridized carbons (Fsp3) is 0.593. The minimum atomic E-state index is -3.74. The summed E-state index contributed by atoms with van der Waals surface area (Å²) in [7, 11) is 0.0246. The second-order valence-corrected chi connectivity index (χ2v) is 12.3. The van der Waals surface area contributed by atoms with Gasteiger partial charge >= 0.3 is 0 Å². The van der Waals surface area contributed by atoms with Crippen molar-refractivity contribution < 1.29 is 13.2 Å². The molecule has 12 heteroatoms. The molecule has 11 nitrogen and oxygen atoms in total. The van der Waals surface area contributed by atoms with Crippen molar-refractivity contribution in [1.82, 2.24) is 28.6 Å². The summed E-state index contributed by atoms with van der Waals surface area (Å²) in [6, 6.07) is 4.91. The van der Waals surface area contributed by atoms with Crippen molar-refractivity contribution in [2.45, 2.75) is 50.8 Å². The summed E-state index contributed by atoms with van der Waals surface area (Å²) in [5.41, 5.74) is 2.13. The molecule has 1 aromatic carbocycles. The highest BCUT2D eigenvalue weighted by Crippen LogP contribution is 2.34. The van der Waals surface area contributed by atoms with Crippen LogP contribution in [0, 0.1) is 0 Å². The average molecular weight is 558 g/mol. The van der Waals surface area contributed by atoms with Gasteiger partial charge in [-0.3, -0.25) is 9.48 Å². The maximum atomic E-state index is 13.7. The lowest BCUT2D eigenvalue weighted by Crippen LogP contribution is -2.47. The fourth-order valence-corrected chi connectivity index (χ4v) is 7.02. The number of hydrogen-bond donors (Lipinski definition) is 0. The molecule has 0 unspecified atom stereocenters. The Morgan fingerprint density at radius 2 is 1.67 bits per heavy atom. The number of piperidine rings is 1. The van der Waals surface area contributed by atoms with E-state index < -0.39 is 10.0 Å². The Labute approximate surface area is 230 Å². The summed E-state index contributed by atoms with van der Waals surface area (Å²) < 4.78 is 38.6. The minimum Gasteiger partial charge on any atom is -0.493 e. The van der Waals surface area contributed by atoms with E-state index in [4.69, 9.17) is 9.84 Å². The maximum Gasteiger partial charge on any atom is 0.299 e. The van der Waals surface area contributed by atoms with Crippen LogP contribution in [0.3, 0.4) is 0 Å². The fourth-order valence-electron chi connectivity index (χ4n) is 5.57. The average Bonchev–Trinajstić information content (AvgIpc) is 3.26. The van der Waals surface area contributed by atoms with Gasteiger partial charge in [0.2, 0.25) is 10.0 Å². The summed E-state index contributed by atoms with van der Waals surface area (Å²) in [4.78, 5) is 20.4. The molecule has 2 aliphatic rings. The summed E-state index contributed by atoms with van der Waals surface area (Å²) in [6.45, 7) is 8.18. The maximum absolute atomic E-state index is 13.7. The molecular weight excluding hydrogens is 518 g/mol. The molecule has 0 radical (unpaired) electrons. The molecule has 4 heterocycles. The van der Waals surface area contributed by atoms with E-state index in [-0.39, 0.29) is 10.5 Å². The van der Waals surface area contributed by atoms with Crippen molar-refractivity contribution in [2.75, 3.05) is 57.9 Å². The number of piperazine rings is 1. The van der Waals surface area contributed by atoms with Crippen LogP contribution in [0.2, 0.25) is 0 Å². The Hall–Kier alpha value is -2.96. The normalized spacial score (nSPS) is 17.7. The first-order chi connectivity index (χ1) is 18.8. The molecule has 0 saturated carbocycles. The van der Waals surface area contributed by atoms with Crippen molar-refractivity contribution in [2.24, 2.45) is 7.05 Å². The molecule has 0 bridgehead atoms. The first kappa shape index (κ1) is 27.6. The van der Waals surface area contributed by atoms with Crippen molar-refractivity contribution in [3.63, 3.8) is 0 Å². The van der Waals surface area contributed by atoms with E-state index in [0.717, 1.165) is 50.0 Å². The Kier molecular flexibility index (Phi) is 7.97. The molecule has 0 spiro atoms. The highest BCUT2D eigenvalue weighted by molar-refractivity contribution is 7.89. The molecule has 0 aliphatic carbocycles. The third-order valence-corrected chi connectivity index (χ3v) is 9.50. The number of hydrogen-bond acceptors (Lipinski definition) is 8. The van der Waals surface area contributed by atoms with E-state index in [1.54, 1.807) is 29.9 Å². The van der Waals surface area contributed by atoms with Crippen LogP contribution < -0.4 is 15.3 Å². The quantitative estimate of drug-likeness (QED) is 0.415. The van der Waals surface area contributed by atoms with Crippen LogP contribution >= 0.6 is 0 Å². The second kappa shape index (κ2) is 11.3. The Morgan fingerprint density at radius 1 is 0.949 bits per heavy atom. The lowest BCUT2D eigenvalue weighted by atomic mass is 10.1. The first-order valence-corrected chi connectivity index (χ1v) is 15.4. The van der Waals surface area contributed by atoms with E-state index in [2.05, 4.69) is 21.8 Å². The van der Waals surface area contributed by atoms with Gasteiger partial charge in [-0.1, -0.05) is 13.3 Å². The van der Waals surface area contributed by atoms with Crippen LogP contribution in [0.4, 0.5) is 0 Å². The molecule has 2 aromatic heterocycles. The molecule has 5 rings (SSSR count). The smallest absolute Gasteiger partial charge is 0.299 e. The number of fused-ring (bicyclic) bond motifs is 1. The van der Waals surface area contributed by atoms with Gasteiger partial charge < -0.3 is 14.6 Å². The number of aryl methyl sites for hydroxylation is 2. The largest absolute Gasteiger partial charge is 0.493 e. The summed E-state index contributed by atoms with van der Waals surface area (Å²) in [5, 5.41) is 6.92. The van der Waals surface area contributed by atoms with Crippen LogP contribution in [-0.2, 0) is 23.5 Å². The zero-order valence-electron chi connectivity index (χ0n) is 23.4. The molecule has 39 heavy (non-hydrogen) atoms. The summed E-state index contributed by atoms with van der Waals surface area (Å²) in [6.07, 6.45) is 4.77. The molecule has 2 aliphatic heterocycles. The van der Waals surface area contributed by atoms with Gasteiger partial charge in [0.05, 0.1) is 22.8 Å². The number of rotatable bonds is 8. The van der Waals surface area contributed by atoms with Gasteiger partial charge in [0, 0.05) is 46.3 Å². The van der Waals surface area contributed by atoms with E-state index in [1.807, 2.05) is 18.6 Å².